The molecule has 0 saturated carbocycles. The molecule has 3 heteroatoms. The lowest BCUT2D eigenvalue weighted by Gasteiger charge is -2.33. The fourth-order valence-electron chi connectivity index (χ4n) is 2.13. The molecular formula is C10H22O2S. The van der Waals surface area contributed by atoms with Crippen LogP contribution in [0.15, 0.2) is 0 Å². The van der Waals surface area contributed by atoms with Crippen molar-refractivity contribution in [1.29, 1.82) is 0 Å². The quantitative estimate of drug-likeness (QED) is 0.711. The highest BCUT2D eigenvalue weighted by Gasteiger charge is 2.37. The summed E-state index contributed by atoms with van der Waals surface area (Å²) in [7, 11) is -2.92. The lowest BCUT2D eigenvalue weighted by atomic mass is 9.85. The largest absolute Gasteiger partial charge is 0.229 e. The van der Waals surface area contributed by atoms with Gasteiger partial charge in [0.15, 0.2) is 9.84 Å². The van der Waals surface area contributed by atoms with Crippen molar-refractivity contribution in [2.45, 2.75) is 46.8 Å². The summed E-state index contributed by atoms with van der Waals surface area (Å²) in [6.45, 7) is 11.6. The van der Waals surface area contributed by atoms with Crippen LogP contribution >= 0.6 is 0 Å². The smallest absolute Gasteiger partial charge is 0.153 e. The second-order valence-corrected chi connectivity index (χ2v) is 7.39. The van der Waals surface area contributed by atoms with Crippen LogP contribution in [0.3, 0.4) is 0 Å². The van der Waals surface area contributed by atoms with Crippen molar-refractivity contribution in [2.24, 2.45) is 11.3 Å². The van der Waals surface area contributed by atoms with Crippen LogP contribution in [-0.2, 0) is 9.84 Å². The lowest BCUT2D eigenvalue weighted by Crippen LogP contribution is -2.39. The first kappa shape index (κ1) is 12.9. The molecule has 0 saturated heterocycles. The van der Waals surface area contributed by atoms with Crippen molar-refractivity contribution in [3.05, 3.63) is 0 Å². The zero-order valence-electron chi connectivity index (χ0n) is 9.59. The van der Waals surface area contributed by atoms with Gasteiger partial charge in [-0.25, -0.2) is 8.42 Å². The highest BCUT2D eigenvalue weighted by molar-refractivity contribution is 7.92. The second kappa shape index (κ2) is 3.99. The number of rotatable bonds is 3. The fraction of sp³-hybridized carbons (Fsp3) is 1.00. The minimum absolute atomic E-state index is 0.164. The molecule has 0 amide bonds. The molecule has 2 nitrogen and oxygen atoms in total. The maximum Gasteiger partial charge on any atom is 0.153 e. The van der Waals surface area contributed by atoms with Crippen molar-refractivity contribution in [1.82, 2.24) is 0 Å². The zero-order valence-corrected chi connectivity index (χ0v) is 10.4. The summed E-state index contributed by atoms with van der Waals surface area (Å²) < 4.78 is 23.6. The van der Waals surface area contributed by atoms with E-state index in [0.29, 0.717) is 0 Å². The van der Waals surface area contributed by atoms with Crippen molar-refractivity contribution < 1.29 is 8.42 Å². The summed E-state index contributed by atoms with van der Waals surface area (Å²) in [4.78, 5) is 0. The van der Waals surface area contributed by atoms with Crippen molar-refractivity contribution >= 4 is 9.84 Å². The van der Waals surface area contributed by atoms with Gasteiger partial charge in [0.2, 0.25) is 0 Å². The molecule has 0 aromatic carbocycles. The molecule has 1 atom stereocenters. The first-order valence-corrected chi connectivity index (χ1v) is 6.56. The van der Waals surface area contributed by atoms with Gasteiger partial charge in [-0.05, 0) is 11.3 Å². The van der Waals surface area contributed by atoms with Crippen molar-refractivity contribution in [3.63, 3.8) is 0 Å². The van der Waals surface area contributed by atoms with Crippen molar-refractivity contribution in [3.8, 4) is 0 Å². The Hall–Kier alpha value is -0.0500. The third kappa shape index (κ3) is 3.29. The highest BCUT2D eigenvalue weighted by Crippen LogP contribution is 2.31. The molecular weight excluding hydrogens is 184 g/mol. The van der Waals surface area contributed by atoms with E-state index in [1.807, 2.05) is 34.6 Å². The first-order valence-electron chi connectivity index (χ1n) is 4.84. The molecule has 80 valence electrons. The second-order valence-electron chi connectivity index (χ2n) is 4.98. The third-order valence-electron chi connectivity index (χ3n) is 2.25. The van der Waals surface area contributed by atoms with Gasteiger partial charge in [-0.3, -0.25) is 0 Å². The van der Waals surface area contributed by atoms with E-state index < -0.39 is 9.84 Å². The molecule has 0 heterocycles. The van der Waals surface area contributed by atoms with Crippen LogP contribution in [0.5, 0.6) is 0 Å². The average Bonchev–Trinajstić information content (AvgIpc) is 1.82. The van der Waals surface area contributed by atoms with Crippen LogP contribution in [-0.4, -0.2) is 19.4 Å². The maximum atomic E-state index is 11.8. The van der Waals surface area contributed by atoms with Crippen LogP contribution in [0.25, 0.3) is 0 Å². The van der Waals surface area contributed by atoms with Gasteiger partial charge in [0.25, 0.3) is 0 Å². The summed E-state index contributed by atoms with van der Waals surface area (Å²) in [6.07, 6.45) is 0. The molecule has 0 bridgehead atoms. The van der Waals surface area contributed by atoms with E-state index in [4.69, 9.17) is 0 Å². The number of hydrogen-bond acceptors (Lipinski definition) is 2. The first-order chi connectivity index (χ1) is 5.63. The fourth-order valence-corrected chi connectivity index (χ4v) is 4.40. The van der Waals surface area contributed by atoms with Crippen LogP contribution in [0.1, 0.15) is 41.5 Å². The molecule has 0 aromatic heterocycles. The zero-order chi connectivity index (χ0) is 10.9. The molecule has 13 heavy (non-hydrogen) atoms. The topological polar surface area (TPSA) is 34.1 Å². The molecule has 0 fully saturated rings. The summed E-state index contributed by atoms with van der Waals surface area (Å²) in [5.74, 6) is 0.428. The minimum atomic E-state index is -2.92. The van der Waals surface area contributed by atoms with Crippen LogP contribution in [0.2, 0.25) is 0 Å². The highest BCUT2D eigenvalue weighted by atomic mass is 32.2. The SMILES string of the molecule is CCS(=O)(=O)C(C(C)C)C(C)(C)C. The van der Waals surface area contributed by atoms with Gasteiger partial charge in [0.1, 0.15) is 0 Å². The van der Waals surface area contributed by atoms with E-state index in [2.05, 4.69) is 0 Å². The summed E-state index contributed by atoms with van der Waals surface area (Å²) in [6, 6.07) is 0. The third-order valence-corrected chi connectivity index (χ3v) is 5.08. The Morgan fingerprint density at radius 3 is 1.62 bits per heavy atom. The van der Waals surface area contributed by atoms with Gasteiger partial charge in [0, 0.05) is 5.75 Å². The standard InChI is InChI=1S/C10H22O2S/c1-7-13(11,12)9(8(2)3)10(4,5)6/h8-9H,7H2,1-6H3. The van der Waals surface area contributed by atoms with E-state index in [9.17, 15) is 8.42 Å². The Balaban J connectivity index is 5.07. The van der Waals surface area contributed by atoms with E-state index >= 15 is 0 Å². The number of hydrogen-bond donors (Lipinski definition) is 0. The normalized spacial score (nSPS) is 16.2. The Morgan fingerprint density at radius 1 is 1.15 bits per heavy atom. The van der Waals surface area contributed by atoms with Gasteiger partial charge < -0.3 is 0 Å². The predicted molar refractivity (Wildman–Crippen MR) is 57.5 cm³/mol. The Morgan fingerprint density at radius 2 is 1.54 bits per heavy atom. The van der Waals surface area contributed by atoms with E-state index in [1.54, 1.807) is 6.92 Å². The molecule has 1 unspecified atom stereocenters. The van der Waals surface area contributed by atoms with Gasteiger partial charge in [0.05, 0.1) is 5.25 Å². The maximum absolute atomic E-state index is 11.8. The Labute approximate surface area is 82.6 Å². The predicted octanol–water partition coefficient (Wildman–Crippen LogP) is 2.49. The van der Waals surface area contributed by atoms with Crippen LogP contribution in [0.4, 0.5) is 0 Å². The van der Waals surface area contributed by atoms with E-state index in [-0.39, 0.29) is 22.3 Å². The van der Waals surface area contributed by atoms with Gasteiger partial charge in [-0.2, -0.15) is 0 Å². The van der Waals surface area contributed by atoms with Crippen LogP contribution in [0, 0.1) is 11.3 Å². The summed E-state index contributed by atoms with van der Waals surface area (Å²) in [5.41, 5.74) is -0.164. The molecule has 0 aliphatic heterocycles. The molecule has 0 spiro atoms. The average molecular weight is 206 g/mol. The van der Waals surface area contributed by atoms with E-state index in [1.165, 1.54) is 0 Å². The molecule has 0 radical (unpaired) electrons. The lowest BCUT2D eigenvalue weighted by molar-refractivity contribution is 0.320. The van der Waals surface area contributed by atoms with Crippen molar-refractivity contribution in [2.75, 3.05) is 5.75 Å². The minimum Gasteiger partial charge on any atom is -0.229 e. The van der Waals surface area contributed by atoms with Gasteiger partial charge in [-0.15, -0.1) is 0 Å². The molecule has 0 rings (SSSR count). The summed E-state index contributed by atoms with van der Waals surface area (Å²) in [5, 5.41) is -0.231. The molecule has 0 aromatic rings. The molecule has 0 N–H and O–H groups in total. The van der Waals surface area contributed by atoms with E-state index in [0.717, 1.165) is 0 Å². The van der Waals surface area contributed by atoms with Crippen LogP contribution < -0.4 is 0 Å². The Bertz CT molecular complexity index is 245. The Kier molecular flexibility index (Phi) is 3.97. The molecule has 0 aliphatic rings. The van der Waals surface area contributed by atoms with Gasteiger partial charge in [-0.1, -0.05) is 41.5 Å². The summed E-state index contributed by atoms with van der Waals surface area (Å²) >= 11 is 0. The number of sulfone groups is 1. The van der Waals surface area contributed by atoms with Gasteiger partial charge >= 0.3 is 0 Å². The monoisotopic (exact) mass is 206 g/mol. The molecule has 0 aliphatic carbocycles.